The third-order valence-electron chi connectivity index (χ3n) is 5.43. The molecule has 0 N–H and O–H groups in total. The molecular formula is C26H25N3O4. The average molecular weight is 444 g/mol. The van der Waals surface area contributed by atoms with Crippen molar-refractivity contribution in [2.24, 2.45) is 0 Å². The van der Waals surface area contributed by atoms with Crippen LogP contribution in [0.15, 0.2) is 71.1 Å². The van der Waals surface area contributed by atoms with Gasteiger partial charge in [0.1, 0.15) is 11.5 Å². The molecule has 33 heavy (non-hydrogen) atoms. The summed E-state index contributed by atoms with van der Waals surface area (Å²) in [7, 11) is 4.96. The van der Waals surface area contributed by atoms with Crippen molar-refractivity contribution in [1.29, 1.82) is 0 Å². The van der Waals surface area contributed by atoms with E-state index in [1.165, 1.54) is 0 Å². The first-order valence-electron chi connectivity index (χ1n) is 10.5. The van der Waals surface area contributed by atoms with Gasteiger partial charge in [0.25, 0.3) is 5.91 Å². The summed E-state index contributed by atoms with van der Waals surface area (Å²) in [5.74, 6) is 2.14. The van der Waals surface area contributed by atoms with E-state index in [1.807, 2.05) is 55.5 Å². The third kappa shape index (κ3) is 4.72. The lowest BCUT2D eigenvalue weighted by Crippen LogP contribution is -2.26. The standard InChI is InChI=1S/C26H25N3O4/c1-17-7-5-6-8-22(17)25-28-27-24(33-25)18-9-11-19(12-10-18)26(30)29(2)16-20-13-14-21(31-3)15-23(20)32-4/h5-15H,16H2,1-4H3. The molecule has 1 aromatic heterocycles. The van der Waals surface area contributed by atoms with Crippen LogP contribution in [-0.2, 0) is 6.54 Å². The molecule has 0 unspecified atom stereocenters. The number of nitrogens with zero attached hydrogens (tertiary/aromatic N) is 3. The number of rotatable bonds is 7. The van der Waals surface area contributed by atoms with E-state index in [2.05, 4.69) is 10.2 Å². The Balaban J connectivity index is 1.48. The number of carbonyl (C=O) groups excluding carboxylic acids is 1. The molecule has 0 spiro atoms. The highest BCUT2D eigenvalue weighted by atomic mass is 16.5. The number of hydrogen-bond acceptors (Lipinski definition) is 6. The van der Waals surface area contributed by atoms with Crippen LogP contribution in [0, 0.1) is 6.92 Å². The fourth-order valence-electron chi connectivity index (χ4n) is 3.55. The molecule has 168 valence electrons. The van der Waals surface area contributed by atoms with E-state index in [9.17, 15) is 4.79 Å². The smallest absolute Gasteiger partial charge is 0.253 e. The van der Waals surface area contributed by atoms with Crippen LogP contribution in [0.3, 0.4) is 0 Å². The molecule has 1 amide bonds. The van der Waals surface area contributed by atoms with Crippen molar-refractivity contribution in [2.75, 3.05) is 21.3 Å². The van der Waals surface area contributed by atoms with Crippen LogP contribution in [0.5, 0.6) is 11.5 Å². The summed E-state index contributed by atoms with van der Waals surface area (Å²) >= 11 is 0. The molecule has 0 fully saturated rings. The second-order valence-corrected chi connectivity index (χ2v) is 7.64. The average Bonchev–Trinajstić information content (AvgIpc) is 3.34. The molecule has 0 bridgehead atoms. The quantitative estimate of drug-likeness (QED) is 0.400. The fourth-order valence-corrected chi connectivity index (χ4v) is 3.55. The van der Waals surface area contributed by atoms with Crippen LogP contribution in [0.2, 0.25) is 0 Å². The van der Waals surface area contributed by atoms with Crippen LogP contribution in [0.4, 0.5) is 0 Å². The maximum Gasteiger partial charge on any atom is 0.253 e. The van der Waals surface area contributed by atoms with Crippen molar-refractivity contribution in [3.8, 4) is 34.4 Å². The lowest BCUT2D eigenvalue weighted by atomic mass is 10.1. The van der Waals surface area contributed by atoms with Crippen LogP contribution >= 0.6 is 0 Å². The normalized spacial score (nSPS) is 10.7. The number of carbonyl (C=O) groups is 1. The van der Waals surface area contributed by atoms with Crippen molar-refractivity contribution in [3.05, 3.63) is 83.4 Å². The second kappa shape index (κ2) is 9.56. The maximum absolute atomic E-state index is 13.0. The molecule has 4 rings (SSSR count). The van der Waals surface area contributed by atoms with Gasteiger partial charge in [-0.1, -0.05) is 18.2 Å². The van der Waals surface area contributed by atoms with Gasteiger partial charge in [-0.05, 0) is 55.0 Å². The molecule has 3 aromatic carbocycles. The van der Waals surface area contributed by atoms with E-state index in [0.717, 1.165) is 22.3 Å². The minimum atomic E-state index is -0.106. The first-order chi connectivity index (χ1) is 16.0. The molecule has 0 aliphatic rings. The zero-order chi connectivity index (χ0) is 23.4. The first kappa shape index (κ1) is 22.1. The van der Waals surface area contributed by atoms with Gasteiger partial charge in [0.05, 0.1) is 14.2 Å². The van der Waals surface area contributed by atoms with E-state index < -0.39 is 0 Å². The summed E-state index contributed by atoms with van der Waals surface area (Å²) in [5.41, 5.74) is 4.16. The van der Waals surface area contributed by atoms with E-state index >= 15 is 0 Å². The van der Waals surface area contributed by atoms with Gasteiger partial charge in [-0.2, -0.15) is 0 Å². The summed E-state index contributed by atoms with van der Waals surface area (Å²) in [6.07, 6.45) is 0. The molecule has 1 heterocycles. The SMILES string of the molecule is COc1ccc(CN(C)C(=O)c2ccc(-c3nnc(-c4ccccc4C)o3)cc2)c(OC)c1. The van der Waals surface area contributed by atoms with Gasteiger partial charge >= 0.3 is 0 Å². The molecule has 0 aliphatic carbocycles. The molecule has 0 aliphatic heterocycles. The third-order valence-corrected chi connectivity index (χ3v) is 5.43. The molecule has 0 radical (unpaired) electrons. The monoisotopic (exact) mass is 443 g/mol. The van der Waals surface area contributed by atoms with Gasteiger partial charge in [0, 0.05) is 41.9 Å². The minimum Gasteiger partial charge on any atom is -0.497 e. The largest absolute Gasteiger partial charge is 0.497 e. The van der Waals surface area contributed by atoms with Crippen molar-refractivity contribution in [1.82, 2.24) is 15.1 Å². The Bertz CT molecular complexity index is 1260. The summed E-state index contributed by atoms with van der Waals surface area (Å²) < 4.78 is 16.5. The molecule has 0 saturated heterocycles. The number of ether oxygens (including phenoxy) is 2. The van der Waals surface area contributed by atoms with Crippen LogP contribution in [-0.4, -0.2) is 42.3 Å². The number of aryl methyl sites for hydroxylation is 1. The van der Waals surface area contributed by atoms with Gasteiger partial charge in [0.15, 0.2) is 0 Å². The van der Waals surface area contributed by atoms with E-state index in [0.29, 0.717) is 35.4 Å². The van der Waals surface area contributed by atoms with Gasteiger partial charge < -0.3 is 18.8 Å². The fraction of sp³-hybridized carbons (Fsp3) is 0.192. The Morgan fingerprint density at radius 2 is 1.67 bits per heavy atom. The lowest BCUT2D eigenvalue weighted by molar-refractivity contribution is 0.0784. The van der Waals surface area contributed by atoms with Gasteiger partial charge in [0.2, 0.25) is 11.8 Å². The number of hydrogen-bond donors (Lipinski definition) is 0. The summed E-state index contributed by atoms with van der Waals surface area (Å²) in [6, 6.07) is 20.5. The molecule has 0 saturated carbocycles. The number of methoxy groups -OCH3 is 2. The number of amides is 1. The second-order valence-electron chi connectivity index (χ2n) is 7.64. The van der Waals surface area contributed by atoms with Crippen LogP contribution < -0.4 is 9.47 Å². The molecule has 7 nitrogen and oxygen atoms in total. The van der Waals surface area contributed by atoms with Crippen LogP contribution in [0.25, 0.3) is 22.9 Å². The minimum absolute atomic E-state index is 0.106. The number of aromatic nitrogens is 2. The molecule has 0 atom stereocenters. The predicted molar refractivity (Wildman–Crippen MR) is 125 cm³/mol. The Morgan fingerprint density at radius 1 is 0.939 bits per heavy atom. The van der Waals surface area contributed by atoms with E-state index in [4.69, 9.17) is 13.9 Å². The summed E-state index contributed by atoms with van der Waals surface area (Å²) in [4.78, 5) is 14.6. The van der Waals surface area contributed by atoms with Crippen molar-refractivity contribution in [2.45, 2.75) is 13.5 Å². The van der Waals surface area contributed by atoms with Crippen molar-refractivity contribution in [3.63, 3.8) is 0 Å². The summed E-state index contributed by atoms with van der Waals surface area (Å²) in [5, 5.41) is 8.34. The Morgan fingerprint density at radius 3 is 2.36 bits per heavy atom. The molecule has 4 aromatic rings. The predicted octanol–water partition coefficient (Wildman–Crippen LogP) is 5.00. The van der Waals surface area contributed by atoms with Crippen molar-refractivity contribution < 1.29 is 18.7 Å². The zero-order valence-electron chi connectivity index (χ0n) is 19.0. The highest BCUT2D eigenvalue weighted by Gasteiger charge is 2.16. The highest BCUT2D eigenvalue weighted by Crippen LogP contribution is 2.28. The van der Waals surface area contributed by atoms with E-state index in [1.54, 1.807) is 44.4 Å². The van der Waals surface area contributed by atoms with E-state index in [-0.39, 0.29) is 5.91 Å². The topological polar surface area (TPSA) is 77.7 Å². The summed E-state index contributed by atoms with van der Waals surface area (Å²) in [6.45, 7) is 2.40. The van der Waals surface area contributed by atoms with Crippen LogP contribution in [0.1, 0.15) is 21.5 Å². The van der Waals surface area contributed by atoms with Gasteiger partial charge in [-0.3, -0.25) is 4.79 Å². The van der Waals surface area contributed by atoms with Gasteiger partial charge in [-0.25, -0.2) is 0 Å². The Kier molecular flexibility index (Phi) is 6.40. The first-order valence-corrected chi connectivity index (χ1v) is 10.5. The zero-order valence-corrected chi connectivity index (χ0v) is 19.0. The highest BCUT2D eigenvalue weighted by molar-refractivity contribution is 5.94. The maximum atomic E-state index is 13.0. The van der Waals surface area contributed by atoms with Crippen molar-refractivity contribution >= 4 is 5.91 Å². The van der Waals surface area contributed by atoms with Gasteiger partial charge in [-0.15, -0.1) is 10.2 Å². The molecular weight excluding hydrogens is 418 g/mol. The lowest BCUT2D eigenvalue weighted by Gasteiger charge is -2.19. The Hall–Kier alpha value is -4.13. The molecule has 7 heteroatoms. The number of benzene rings is 3. The Labute approximate surface area is 192 Å².